The Bertz CT molecular complexity index is 770. The summed E-state index contributed by atoms with van der Waals surface area (Å²) in [5, 5.41) is 0. The van der Waals surface area contributed by atoms with Crippen LogP contribution in [0.1, 0.15) is 28.6 Å². The molecular weight excluding hydrogens is 529 g/mol. The number of hydrogen-bond donors (Lipinski definition) is 0. The van der Waals surface area contributed by atoms with Crippen LogP contribution in [0.3, 0.4) is 0 Å². The molecule has 1 aromatic heterocycles. The van der Waals surface area contributed by atoms with Crippen LogP contribution in [0.2, 0.25) is 0 Å². The van der Waals surface area contributed by atoms with Gasteiger partial charge in [0, 0.05) is 5.56 Å². The van der Waals surface area contributed by atoms with Crippen molar-refractivity contribution in [2.45, 2.75) is 11.4 Å². The molecule has 1 aromatic carbocycles. The van der Waals surface area contributed by atoms with Gasteiger partial charge in [0.2, 0.25) is 11.4 Å². The monoisotopic (exact) mass is 531 g/mol. The van der Waals surface area contributed by atoms with Gasteiger partial charge < -0.3 is 0 Å². The van der Waals surface area contributed by atoms with Crippen molar-refractivity contribution in [1.29, 1.82) is 0 Å². The van der Waals surface area contributed by atoms with Gasteiger partial charge in [0.1, 0.15) is 0 Å². The minimum absolute atomic E-state index is 0.133. The number of halogens is 9. The summed E-state index contributed by atoms with van der Waals surface area (Å²) in [7, 11) is 0. The van der Waals surface area contributed by atoms with E-state index in [9.17, 15) is 0 Å². The number of nitrogens with zero attached hydrogens (tertiary/aromatic N) is 3. The molecule has 3 nitrogen and oxygen atoms in total. The SMILES string of the molecule is ClC(Cl)(Cl)c1ccc(C=Cc2nc(C(Cl)(Cl)Cl)nc(C(Cl)(Cl)Cl)n2)cc1. The average molecular weight is 535 g/mol. The molecule has 2 aromatic rings. The molecule has 0 N–H and O–H groups in total. The Morgan fingerprint density at radius 3 is 1.42 bits per heavy atom. The third-order valence-corrected chi connectivity index (χ3v) is 4.49. The Hall–Kier alpha value is 0.580. The van der Waals surface area contributed by atoms with E-state index < -0.39 is 11.4 Å². The normalized spacial score (nSPS) is 13.4. The lowest BCUT2D eigenvalue weighted by molar-refractivity contribution is 0.835. The minimum atomic E-state index is -1.91. The van der Waals surface area contributed by atoms with Gasteiger partial charge in [0.05, 0.1) is 0 Å². The Morgan fingerprint density at radius 1 is 0.577 bits per heavy atom. The molecule has 0 atom stereocenters. The maximum Gasteiger partial charge on any atom is 0.250 e. The molecule has 0 fully saturated rings. The highest BCUT2D eigenvalue weighted by molar-refractivity contribution is 6.67. The lowest BCUT2D eigenvalue weighted by Gasteiger charge is -2.14. The van der Waals surface area contributed by atoms with Crippen molar-refractivity contribution >= 4 is 117 Å². The summed E-state index contributed by atoms with van der Waals surface area (Å²) < 4.78 is -5.33. The highest BCUT2D eigenvalue weighted by Crippen LogP contribution is 2.40. The fourth-order valence-electron chi connectivity index (χ4n) is 1.67. The van der Waals surface area contributed by atoms with Crippen LogP contribution in [-0.2, 0) is 11.4 Å². The van der Waals surface area contributed by atoms with E-state index >= 15 is 0 Å². The Labute approximate surface area is 194 Å². The van der Waals surface area contributed by atoms with Crippen LogP contribution in [0.4, 0.5) is 0 Å². The molecule has 1 heterocycles. The van der Waals surface area contributed by atoms with Crippen LogP contribution < -0.4 is 0 Å². The lowest BCUT2D eigenvalue weighted by Crippen LogP contribution is -2.16. The van der Waals surface area contributed by atoms with Gasteiger partial charge in [-0.15, -0.1) is 0 Å². The van der Waals surface area contributed by atoms with Gasteiger partial charge >= 0.3 is 0 Å². The molecule has 0 bridgehead atoms. The average Bonchev–Trinajstić information content (AvgIpc) is 2.50. The van der Waals surface area contributed by atoms with Crippen molar-refractivity contribution in [3.63, 3.8) is 0 Å². The van der Waals surface area contributed by atoms with Crippen LogP contribution in [0.15, 0.2) is 24.3 Å². The summed E-state index contributed by atoms with van der Waals surface area (Å²) in [6.07, 6.45) is 3.22. The molecule has 0 spiro atoms. The van der Waals surface area contributed by atoms with Gasteiger partial charge in [-0.3, -0.25) is 0 Å². The highest BCUT2D eigenvalue weighted by atomic mass is 35.6. The van der Waals surface area contributed by atoms with Crippen LogP contribution >= 0.6 is 104 Å². The maximum atomic E-state index is 5.82. The first-order valence-corrected chi connectivity index (χ1v) is 9.93. The topological polar surface area (TPSA) is 38.7 Å². The Balaban J connectivity index is 2.37. The van der Waals surface area contributed by atoms with Gasteiger partial charge in [-0.2, -0.15) is 0 Å². The van der Waals surface area contributed by atoms with Crippen molar-refractivity contribution in [2.75, 3.05) is 0 Å². The first-order valence-electron chi connectivity index (χ1n) is 6.52. The number of benzene rings is 1. The number of hydrogen-bond acceptors (Lipinski definition) is 3. The molecule has 0 aliphatic carbocycles. The Morgan fingerprint density at radius 2 is 1.04 bits per heavy atom. The summed E-state index contributed by atoms with van der Waals surface area (Å²) in [5.41, 5.74) is 1.30. The molecule has 26 heavy (non-hydrogen) atoms. The summed E-state index contributed by atoms with van der Waals surface area (Å²) in [5.74, 6) is -0.219. The van der Waals surface area contributed by atoms with Crippen molar-refractivity contribution in [3.8, 4) is 0 Å². The zero-order chi connectivity index (χ0) is 19.8. The first kappa shape index (κ1) is 22.9. The zero-order valence-corrected chi connectivity index (χ0v) is 19.0. The highest BCUT2D eigenvalue weighted by Gasteiger charge is 2.33. The quantitative estimate of drug-likeness (QED) is 0.374. The molecule has 0 aliphatic rings. The Kier molecular flexibility index (Phi) is 7.50. The van der Waals surface area contributed by atoms with E-state index in [1.165, 1.54) is 6.08 Å². The van der Waals surface area contributed by atoms with E-state index in [1.54, 1.807) is 30.3 Å². The van der Waals surface area contributed by atoms with E-state index in [4.69, 9.17) is 104 Å². The van der Waals surface area contributed by atoms with Crippen LogP contribution in [-0.4, -0.2) is 15.0 Å². The van der Waals surface area contributed by atoms with E-state index in [1.807, 2.05) is 0 Å². The number of rotatable bonds is 2. The van der Waals surface area contributed by atoms with Crippen LogP contribution in [0, 0.1) is 0 Å². The third kappa shape index (κ3) is 6.58. The van der Waals surface area contributed by atoms with E-state index in [-0.39, 0.29) is 17.5 Å². The molecular formula is C14H6Cl9N3. The molecule has 0 aliphatic heterocycles. The van der Waals surface area contributed by atoms with Gasteiger partial charge in [-0.05, 0) is 11.6 Å². The van der Waals surface area contributed by atoms with E-state index in [0.29, 0.717) is 5.56 Å². The van der Waals surface area contributed by atoms with Gasteiger partial charge in [-0.25, -0.2) is 15.0 Å². The summed E-state index contributed by atoms with van der Waals surface area (Å²) in [4.78, 5) is 12.0. The summed E-state index contributed by atoms with van der Waals surface area (Å²) >= 11 is 52.3. The molecule has 140 valence electrons. The third-order valence-electron chi connectivity index (χ3n) is 2.82. The molecule has 0 amide bonds. The molecule has 0 radical (unpaired) electrons. The lowest BCUT2D eigenvalue weighted by atomic mass is 10.1. The fourth-order valence-corrected chi connectivity index (χ4v) is 2.56. The number of aromatic nitrogens is 3. The zero-order valence-electron chi connectivity index (χ0n) is 12.2. The molecule has 0 saturated heterocycles. The molecule has 2 rings (SSSR count). The van der Waals surface area contributed by atoms with Crippen LogP contribution in [0.25, 0.3) is 12.2 Å². The van der Waals surface area contributed by atoms with Crippen LogP contribution in [0.5, 0.6) is 0 Å². The minimum Gasteiger partial charge on any atom is -0.209 e. The predicted octanol–water partition coefficient (Wildman–Crippen LogP) is 7.52. The summed E-state index contributed by atoms with van der Waals surface area (Å²) in [6, 6.07) is 6.81. The second kappa shape index (κ2) is 8.52. The van der Waals surface area contributed by atoms with E-state index in [0.717, 1.165) is 5.56 Å². The first-order chi connectivity index (χ1) is 11.8. The molecule has 12 heteroatoms. The largest absolute Gasteiger partial charge is 0.250 e. The number of alkyl halides is 9. The van der Waals surface area contributed by atoms with Gasteiger partial charge in [-0.1, -0.05) is 135 Å². The molecule has 0 saturated carbocycles. The fraction of sp³-hybridized carbons (Fsp3) is 0.214. The van der Waals surface area contributed by atoms with E-state index in [2.05, 4.69) is 15.0 Å². The van der Waals surface area contributed by atoms with Gasteiger partial charge in [0.25, 0.3) is 0 Å². The summed E-state index contributed by atoms with van der Waals surface area (Å²) in [6.45, 7) is 0. The second-order valence-electron chi connectivity index (χ2n) is 4.79. The second-order valence-corrected chi connectivity index (χ2v) is 11.6. The van der Waals surface area contributed by atoms with Gasteiger partial charge in [0.15, 0.2) is 17.5 Å². The van der Waals surface area contributed by atoms with Crippen molar-refractivity contribution < 1.29 is 0 Å². The van der Waals surface area contributed by atoms with Crippen molar-refractivity contribution in [2.24, 2.45) is 0 Å². The maximum absolute atomic E-state index is 5.82. The van der Waals surface area contributed by atoms with Crippen molar-refractivity contribution in [1.82, 2.24) is 15.0 Å². The predicted molar refractivity (Wildman–Crippen MR) is 113 cm³/mol. The molecule has 0 unspecified atom stereocenters. The smallest absolute Gasteiger partial charge is 0.209 e. The standard InChI is InChI=1S/C14H6Cl9N3/c15-12(16,17)8-4-1-7(2-5-8)3-6-9-24-10(13(18,19)20)26-11(25-9)14(21,22)23/h1-6H. The van der Waals surface area contributed by atoms with Crippen molar-refractivity contribution in [3.05, 3.63) is 52.9 Å².